The zero-order chi connectivity index (χ0) is 32.5. The average molecular weight is 682 g/mol. The number of hydrogen-bond acceptors (Lipinski definition) is 10. The van der Waals surface area contributed by atoms with E-state index in [1.165, 1.54) is 22.7 Å². The van der Waals surface area contributed by atoms with Crippen LogP contribution in [0, 0.1) is 0 Å². The van der Waals surface area contributed by atoms with Gasteiger partial charge in [0.15, 0.2) is 0 Å². The zero-order valence-electron chi connectivity index (χ0n) is 24.0. The molecule has 5 rings (SSSR count). The molecule has 1 atom stereocenters. The summed E-state index contributed by atoms with van der Waals surface area (Å²) in [5, 5.41) is 10.7. The summed E-state index contributed by atoms with van der Waals surface area (Å²) < 4.78 is 20.6. The molecule has 4 N–H and O–H groups in total. The molecule has 2 aliphatic rings. The van der Waals surface area contributed by atoms with E-state index in [0.29, 0.717) is 76.4 Å². The number of rotatable bonds is 13. The highest BCUT2D eigenvalue weighted by atomic mass is 35.5. The van der Waals surface area contributed by atoms with E-state index in [0.717, 1.165) is 0 Å². The largest absolute Gasteiger partial charge is 0.488 e. The first kappa shape index (κ1) is 34.2. The Labute approximate surface area is 271 Å². The molecule has 0 spiro atoms. The summed E-state index contributed by atoms with van der Waals surface area (Å²) in [6.07, 6.45) is 0.336. The summed E-state index contributed by atoms with van der Waals surface area (Å²) in [5.41, 5.74) is 5.81. The van der Waals surface area contributed by atoms with Crippen LogP contribution in [0.2, 0.25) is 10.0 Å². The number of benzene rings is 2. The highest BCUT2D eigenvalue weighted by Crippen LogP contribution is 2.40. The van der Waals surface area contributed by atoms with Crippen LogP contribution in [0.4, 0.5) is 0 Å². The fourth-order valence-corrected chi connectivity index (χ4v) is 5.93. The van der Waals surface area contributed by atoms with E-state index >= 15 is 0 Å². The number of carbonyl (C=O) groups excluding carboxylic acids is 2. The maximum atomic E-state index is 12.6. The first-order chi connectivity index (χ1) is 21.6. The number of nitrogens with zero attached hydrogens (tertiary/aromatic N) is 2. The molecular formula is C29H30Cl2N4O9S. The predicted octanol–water partition coefficient (Wildman–Crippen LogP) is 3.07. The smallest absolute Gasteiger partial charge is 0.352 e. The number of halogens is 2. The lowest BCUT2D eigenvalue weighted by atomic mass is 10.1. The van der Waals surface area contributed by atoms with E-state index in [9.17, 15) is 24.3 Å². The fraction of sp³-hybridized carbons (Fsp3) is 0.345. The lowest BCUT2D eigenvalue weighted by Crippen LogP contribution is -2.54. The van der Waals surface area contributed by atoms with E-state index in [2.05, 4.69) is 9.97 Å². The first-order valence-corrected chi connectivity index (χ1v) is 15.3. The number of primary amides is 1. The summed E-state index contributed by atoms with van der Waals surface area (Å²) in [5.74, 6) is -0.808. The van der Waals surface area contributed by atoms with Gasteiger partial charge in [-0.3, -0.25) is 19.3 Å². The van der Waals surface area contributed by atoms with Crippen molar-refractivity contribution in [1.82, 2.24) is 14.9 Å². The van der Waals surface area contributed by atoms with Crippen molar-refractivity contribution in [1.29, 1.82) is 0 Å². The van der Waals surface area contributed by atoms with Crippen LogP contribution < -0.4 is 16.0 Å². The van der Waals surface area contributed by atoms with Crippen molar-refractivity contribution in [3.8, 4) is 17.1 Å². The third-order valence-corrected chi connectivity index (χ3v) is 8.20. The Morgan fingerprint density at radius 1 is 1.09 bits per heavy atom. The summed E-state index contributed by atoms with van der Waals surface area (Å²) in [6, 6.07) is 9.67. The van der Waals surface area contributed by atoms with Crippen molar-refractivity contribution in [3.05, 3.63) is 68.1 Å². The number of nitrogens with one attached hydrogen (secondary N) is 1. The maximum absolute atomic E-state index is 12.6. The number of β-lactam (4-membered cyclic amide) rings is 1. The van der Waals surface area contributed by atoms with Crippen molar-refractivity contribution in [2.45, 2.75) is 11.8 Å². The van der Waals surface area contributed by atoms with Gasteiger partial charge in [-0.25, -0.2) is 9.78 Å². The van der Waals surface area contributed by atoms with Crippen LogP contribution in [0.5, 0.6) is 5.75 Å². The van der Waals surface area contributed by atoms with Gasteiger partial charge >= 0.3 is 5.97 Å². The zero-order valence-corrected chi connectivity index (χ0v) is 26.4. The van der Waals surface area contributed by atoms with Gasteiger partial charge in [0.1, 0.15) is 30.5 Å². The van der Waals surface area contributed by atoms with Gasteiger partial charge in [-0.15, -0.1) is 11.8 Å². The van der Waals surface area contributed by atoms with Gasteiger partial charge in [0, 0.05) is 28.5 Å². The SMILES string of the molecule is COCCOCCOCC(N)=O.O=C(O)C1=C(COc2ccc(Cl)cc2-c2nc3ccc(Cl)cc3c(=O)[nH]2)CSC2CC(=O)N12. The molecule has 240 valence electrons. The number of carboxylic acid groups (broad SMARTS) is 1. The molecule has 2 aliphatic heterocycles. The molecule has 16 heteroatoms. The standard InChI is InChI=1S/C22H15Cl2N3O5S.C7H15NO4/c23-11-1-3-15-13(5-11)21(29)26-20(25-15)14-6-12(24)2-4-16(14)32-8-10-9-33-18-7-17(28)27(18)19(10)22(30)31;1-10-2-3-11-4-5-12-6-7(8)9/h1-6,18H,7-9H2,(H,30,31)(H,25,26,29);2-6H2,1H3,(H2,8,9). The topological polar surface area (TPSA) is 183 Å². The number of ether oxygens (including phenoxy) is 4. The van der Waals surface area contributed by atoms with Crippen molar-refractivity contribution in [2.75, 3.05) is 52.5 Å². The Kier molecular flexibility index (Phi) is 12.2. The Morgan fingerprint density at radius 2 is 1.80 bits per heavy atom. The summed E-state index contributed by atoms with van der Waals surface area (Å²) >= 11 is 13.7. The number of aromatic nitrogens is 2. The predicted molar refractivity (Wildman–Crippen MR) is 168 cm³/mol. The number of nitrogens with two attached hydrogens (primary N) is 1. The van der Waals surface area contributed by atoms with Gasteiger partial charge in [-0.1, -0.05) is 23.2 Å². The lowest BCUT2D eigenvalue weighted by Gasteiger charge is -2.43. The number of methoxy groups -OCH3 is 1. The molecule has 0 saturated carbocycles. The molecule has 0 radical (unpaired) electrons. The molecule has 0 bridgehead atoms. The number of aromatic amines is 1. The van der Waals surface area contributed by atoms with Gasteiger partial charge < -0.3 is 34.8 Å². The fourth-order valence-electron chi connectivity index (χ4n) is 4.34. The number of carboxylic acids is 1. The van der Waals surface area contributed by atoms with Gasteiger partial charge in [0.05, 0.1) is 54.7 Å². The number of thioether (sulfide) groups is 1. The van der Waals surface area contributed by atoms with Gasteiger partial charge in [0.25, 0.3) is 5.56 Å². The molecule has 45 heavy (non-hydrogen) atoms. The number of hydrogen-bond donors (Lipinski definition) is 3. The van der Waals surface area contributed by atoms with Crippen LogP contribution in [0.3, 0.4) is 0 Å². The highest BCUT2D eigenvalue weighted by Gasteiger charge is 2.45. The van der Waals surface area contributed by atoms with Crippen LogP contribution in [-0.2, 0) is 28.6 Å². The maximum Gasteiger partial charge on any atom is 0.352 e. The van der Waals surface area contributed by atoms with E-state index in [4.69, 9.17) is 47.9 Å². The molecule has 2 aromatic carbocycles. The van der Waals surface area contributed by atoms with E-state index in [1.807, 2.05) is 0 Å². The molecule has 3 heterocycles. The Bertz CT molecular complexity index is 1670. The van der Waals surface area contributed by atoms with Crippen LogP contribution in [0.1, 0.15) is 6.42 Å². The molecule has 1 aromatic heterocycles. The molecule has 2 amide bonds. The number of amides is 2. The normalized spacial score (nSPS) is 15.7. The second-order valence-corrected chi connectivity index (χ2v) is 11.7. The summed E-state index contributed by atoms with van der Waals surface area (Å²) in [6.45, 7) is 1.84. The second-order valence-electron chi connectivity index (χ2n) is 9.62. The van der Waals surface area contributed by atoms with Gasteiger partial charge in [-0.2, -0.15) is 0 Å². The molecular weight excluding hydrogens is 651 g/mol. The van der Waals surface area contributed by atoms with Crippen LogP contribution in [0.25, 0.3) is 22.3 Å². The Balaban J connectivity index is 0.000000328. The van der Waals surface area contributed by atoms with Crippen LogP contribution in [0.15, 0.2) is 52.5 Å². The van der Waals surface area contributed by atoms with E-state index in [-0.39, 0.29) is 41.6 Å². The van der Waals surface area contributed by atoms with Crippen molar-refractivity contribution in [3.63, 3.8) is 0 Å². The average Bonchev–Trinajstić information content (AvgIpc) is 3.00. The summed E-state index contributed by atoms with van der Waals surface area (Å²) in [7, 11) is 1.60. The molecule has 1 unspecified atom stereocenters. The van der Waals surface area contributed by atoms with Crippen molar-refractivity contribution >= 4 is 63.7 Å². The van der Waals surface area contributed by atoms with Gasteiger partial charge in [0.2, 0.25) is 11.8 Å². The molecule has 13 nitrogen and oxygen atoms in total. The number of fused-ring (bicyclic) bond motifs is 2. The first-order valence-electron chi connectivity index (χ1n) is 13.5. The quantitative estimate of drug-likeness (QED) is 0.178. The van der Waals surface area contributed by atoms with Crippen molar-refractivity contribution in [2.24, 2.45) is 5.73 Å². The lowest BCUT2D eigenvalue weighted by molar-refractivity contribution is -0.146. The Hall–Kier alpha value is -3.66. The number of carbonyl (C=O) groups is 3. The van der Waals surface area contributed by atoms with Gasteiger partial charge in [-0.05, 0) is 36.4 Å². The Morgan fingerprint density at radius 3 is 2.51 bits per heavy atom. The molecule has 3 aromatic rings. The molecule has 0 aliphatic carbocycles. The summed E-state index contributed by atoms with van der Waals surface area (Å²) in [4.78, 5) is 55.1. The minimum absolute atomic E-state index is 0.0281. The van der Waals surface area contributed by atoms with E-state index in [1.54, 1.807) is 37.4 Å². The minimum Gasteiger partial charge on any atom is -0.488 e. The third-order valence-electron chi connectivity index (χ3n) is 6.45. The van der Waals surface area contributed by atoms with Crippen LogP contribution >= 0.6 is 35.0 Å². The van der Waals surface area contributed by atoms with E-state index < -0.39 is 11.9 Å². The van der Waals surface area contributed by atoms with Crippen LogP contribution in [-0.4, -0.2) is 95.6 Å². The third kappa shape index (κ3) is 8.96. The minimum atomic E-state index is -1.16. The number of aliphatic carboxylic acids is 1. The molecule has 1 fully saturated rings. The van der Waals surface area contributed by atoms with Crippen molar-refractivity contribution < 1.29 is 38.4 Å². The number of H-pyrrole nitrogens is 1. The highest BCUT2D eigenvalue weighted by molar-refractivity contribution is 8.00. The molecule has 1 saturated heterocycles. The second kappa shape index (κ2) is 16.1. The monoisotopic (exact) mass is 680 g/mol.